The highest BCUT2D eigenvalue weighted by atomic mass is 16.5. The SMILES string of the molecule is COc1ccccc1OCCNC(=O)c1nccnc1NC(=O)c1ccccc1. The van der Waals surface area contributed by atoms with E-state index in [1.165, 1.54) is 12.4 Å². The highest BCUT2D eigenvalue weighted by Gasteiger charge is 2.16. The number of nitrogens with zero attached hydrogens (tertiary/aromatic N) is 2. The van der Waals surface area contributed by atoms with Crippen molar-refractivity contribution in [3.8, 4) is 11.5 Å². The summed E-state index contributed by atoms with van der Waals surface area (Å²) in [4.78, 5) is 32.9. The molecule has 8 heteroatoms. The van der Waals surface area contributed by atoms with Gasteiger partial charge >= 0.3 is 0 Å². The van der Waals surface area contributed by atoms with Crippen LogP contribution in [0.2, 0.25) is 0 Å². The molecule has 1 heterocycles. The van der Waals surface area contributed by atoms with E-state index in [0.29, 0.717) is 17.1 Å². The second-order valence-corrected chi connectivity index (χ2v) is 5.83. The number of carbonyl (C=O) groups is 2. The first kappa shape index (κ1) is 19.8. The zero-order chi connectivity index (χ0) is 20.5. The van der Waals surface area contributed by atoms with Gasteiger partial charge in [0.1, 0.15) is 6.61 Å². The van der Waals surface area contributed by atoms with Gasteiger partial charge in [0, 0.05) is 18.0 Å². The lowest BCUT2D eigenvalue weighted by Crippen LogP contribution is -2.30. The number of hydrogen-bond donors (Lipinski definition) is 2. The molecule has 1 aromatic heterocycles. The molecule has 148 valence electrons. The third-order valence-electron chi connectivity index (χ3n) is 3.90. The molecule has 0 spiro atoms. The van der Waals surface area contributed by atoms with Crippen molar-refractivity contribution in [2.45, 2.75) is 0 Å². The van der Waals surface area contributed by atoms with Crippen molar-refractivity contribution in [3.63, 3.8) is 0 Å². The fourth-order valence-electron chi connectivity index (χ4n) is 2.51. The zero-order valence-corrected chi connectivity index (χ0v) is 15.8. The fraction of sp³-hybridized carbons (Fsp3) is 0.143. The van der Waals surface area contributed by atoms with Gasteiger partial charge in [0.2, 0.25) is 0 Å². The molecule has 0 bridgehead atoms. The first-order chi connectivity index (χ1) is 14.2. The largest absolute Gasteiger partial charge is 0.493 e. The lowest BCUT2D eigenvalue weighted by Gasteiger charge is -2.12. The summed E-state index contributed by atoms with van der Waals surface area (Å²) >= 11 is 0. The molecule has 0 radical (unpaired) electrons. The van der Waals surface area contributed by atoms with Gasteiger partial charge in [-0.3, -0.25) is 9.59 Å². The number of hydrogen-bond acceptors (Lipinski definition) is 6. The number of amides is 2. The molecule has 0 saturated carbocycles. The molecule has 0 aliphatic heterocycles. The molecule has 2 amide bonds. The summed E-state index contributed by atoms with van der Waals surface area (Å²) < 4.78 is 10.8. The molecule has 29 heavy (non-hydrogen) atoms. The van der Waals surface area contributed by atoms with Gasteiger partial charge in [-0.1, -0.05) is 30.3 Å². The Labute approximate surface area is 167 Å². The van der Waals surface area contributed by atoms with E-state index in [1.54, 1.807) is 43.5 Å². The predicted molar refractivity (Wildman–Crippen MR) is 107 cm³/mol. The average molecular weight is 392 g/mol. The monoisotopic (exact) mass is 392 g/mol. The van der Waals surface area contributed by atoms with E-state index in [2.05, 4.69) is 20.6 Å². The van der Waals surface area contributed by atoms with Gasteiger partial charge in [0.05, 0.1) is 13.7 Å². The van der Waals surface area contributed by atoms with Gasteiger partial charge in [-0.25, -0.2) is 9.97 Å². The van der Waals surface area contributed by atoms with Gasteiger partial charge in [-0.15, -0.1) is 0 Å². The number of nitrogens with one attached hydrogen (secondary N) is 2. The summed E-state index contributed by atoms with van der Waals surface area (Å²) in [6.45, 7) is 0.470. The van der Waals surface area contributed by atoms with Gasteiger partial charge < -0.3 is 20.1 Å². The van der Waals surface area contributed by atoms with Crippen molar-refractivity contribution in [2.75, 3.05) is 25.6 Å². The number of rotatable bonds is 8. The second kappa shape index (κ2) is 9.84. The van der Waals surface area contributed by atoms with Crippen molar-refractivity contribution in [1.82, 2.24) is 15.3 Å². The van der Waals surface area contributed by atoms with Crippen molar-refractivity contribution >= 4 is 17.6 Å². The standard InChI is InChI=1S/C21H20N4O4/c1-28-16-9-5-6-10-17(16)29-14-13-24-21(27)18-19(23-12-11-22-18)25-20(26)15-7-3-2-4-8-15/h2-12H,13-14H2,1H3,(H,24,27)(H,23,25,26). The van der Waals surface area contributed by atoms with E-state index in [-0.39, 0.29) is 30.6 Å². The third-order valence-corrected chi connectivity index (χ3v) is 3.90. The molecule has 2 N–H and O–H groups in total. The summed E-state index contributed by atoms with van der Waals surface area (Å²) in [6, 6.07) is 15.9. The summed E-state index contributed by atoms with van der Waals surface area (Å²) in [5.74, 6) is 0.437. The molecule has 8 nitrogen and oxygen atoms in total. The van der Waals surface area contributed by atoms with E-state index in [9.17, 15) is 9.59 Å². The number of anilines is 1. The fourth-order valence-corrected chi connectivity index (χ4v) is 2.51. The van der Waals surface area contributed by atoms with E-state index in [1.807, 2.05) is 18.2 Å². The Morgan fingerprint density at radius 3 is 2.34 bits per heavy atom. The van der Waals surface area contributed by atoms with Crippen LogP contribution in [0.1, 0.15) is 20.8 Å². The third kappa shape index (κ3) is 5.29. The van der Waals surface area contributed by atoms with Crippen LogP contribution in [0.3, 0.4) is 0 Å². The van der Waals surface area contributed by atoms with Crippen LogP contribution in [0.4, 0.5) is 5.82 Å². The Morgan fingerprint density at radius 2 is 1.59 bits per heavy atom. The molecule has 0 aliphatic carbocycles. The van der Waals surface area contributed by atoms with Crippen LogP contribution in [-0.2, 0) is 0 Å². The van der Waals surface area contributed by atoms with Gasteiger partial charge in [0.15, 0.2) is 23.0 Å². The predicted octanol–water partition coefficient (Wildman–Crippen LogP) is 2.55. The van der Waals surface area contributed by atoms with Crippen molar-refractivity contribution in [2.24, 2.45) is 0 Å². The number of carbonyl (C=O) groups excluding carboxylic acids is 2. The van der Waals surface area contributed by atoms with Crippen molar-refractivity contribution in [1.29, 1.82) is 0 Å². The van der Waals surface area contributed by atoms with Crippen LogP contribution in [0.5, 0.6) is 11.5 Å². The Balaban J connectivity index is 1.58. The van der Waals surface area contributed by atoms with Crippen molar-refractivity contribution < 1.29 is 19.1 Å². The zero-order valence-electron chi connectivity index (χ0n) is 15.8. The van der Waals surface area contributed by atoms with Crippen LogP contribution in [0, 0.1) is 0 Å². The molecule has 0 aliphatic rings. The second-order valence-electron chi connectivity index (χ2n) is 5.83. The highest BCUT2D eigenvalue weighted by molar-refractivity contribution is 6.07. The van der Waals surface area contributed by atoms with Crippen LogP contribution in [0.15, 0.2) is 67.0 Å². The normalized spacial score (nSPS) is 10.1. The van der Waals surface area contributed by atoms with E-state index in [0.717, 1.165) is 0 Å². The van der Waals surface area contributed by atoms with Crippen LogP contribution in [-0.4, -0.2) is 42.0 Å². The Morgan fingerprint density at radius 1 is 0.897 bits per heavy atom. The summed E-state index contributed by atoms with van der Waals surface area (Å²) in [5.41, 5.74) is 0.476. The number of methoxy groups -OCH3 is 1. The highest BCUT2D eigenvalue weighted by Crippen LogP contribution is 2.25. The van der Waals surface area contributed by atoms with Gasteiger partial charge in [-0.05, 0) is 24.3 Å². The molecule has 3 rings (SSSR count). The smallest absolute Gasteiger partial charge is 0.273 e. The molecule has 0 atom stereocenters. The lowest BCUT2D eigenvalue weighted by atomic mass is 10.2. The van der Waals surface area contributed by atoms with Crippen molar-refractivity contribution in [3.05, 3.63) is 78.2 Å². The molecule has 3 aromatic rings. The molecule has 0 unspecified atom stereocenters. The lowest BCUT2D eigenvalue weighted by molar-refractivity contribution is 0.0942. The van der Waals surface area contributed by atoms with E-state index < -0.39 is 5.91 Å². The molecular formula is C21H20N4O4. The van der Waals surface area contributed by atoms with Gasteiger partial charge in [-0.2, -0.15) is 0 Å². The average Bonchev–Trinajstić information content (AvgIpc) is 2.77. The Hall–Kier alpha value is -3.94. The van der Waals surface area contributed by atoms with Crippen LogP contribution in [0.25, 0.3) is 0 Å². The van der Waals surface area contributed by atoms with Crippen LogP contribution < -0.4 is 20.1 Å². The van der Waals surface area contributed by atoms with E-state index in [4.69, 9.17) is 9.47 Å². The maximum absolute atomic E-state index is 12.5. The summed E-state index contributed by atoms with van der Waals surface area (Å²) in [7, 11) is 1.56. The maximum atomic E-state index is 12.5. The minimum Gasteiger partial charge on any atom is -0.493 e. The van der Waals surface area contributed by atoms with E-state index >= 15 is 0 Å². The van der Waals surface area contributed by atoms with Gasteiger partial charge in [0.25, 0.3) is 11.8 Å². The number of para-hydroxylation sites is 2. The quantitative estimate of drug-likeness (QED) is 0.571. The number of aromatic nitrogens is 2. The minimum atomic E-state index is -0.468. The first-order valence-electron chi connectivity index (χ1n) is 8.90. The minimum absolute atomic E-state index is 0.0223. The summed E-state index contributed by atoms with van der Waals surface area (Å²) in [5, 5.41) is 5.32. The number of benzene rings is 2. The molecule has 0 saturated heterocycles. The Bertz CT molecular complexity index is 979. The summed E-state index contributed by atoms with van der Waals surface area (Å²) in [6.07, 6.45) is 2.79. The molecule has 2 aromatic carbocycles. The van der Waals surface area contributed by atoms with Crippen LogP contribution >= 0.6 is 0 Å². The first-order valence-corrected chi connectivity index (χ1v) is 8.90. The number of ether oxygens (including phenoxy) is 2. The molecular weight excluding hydrogens is 372 g/mol. The Kier molecular flexibility index (Phi) is 6.72. The topological polar surface area (TPSA) is 102 Å². The molecule has 0 fully saturated rings. The maximum Gasteiger partial charge on any atom is 0.273 e.